The second kappa shape index (κ2) is 8.39. The molecule has 0 saturated carbocycles. The molecule has 10 nitrogen and oxygen atoms in total. The van der Waals surface area contributed by atoms with E-state index in [1.165, 1.54) is 10.9 Å². The van der Waals surface area contributed by atoms with Crippen molar-refractivity contribution in [2.45, 2.75) is 6.92 Å². The number of anilines is 1. The van der Waals surface area contributed by atoms with Crippen molar-refractivity contribution in [3.05, 3.63) is 77.0 Å². The number of imide groups is 1. The molecule has 5 rings (SSSR count). The summed E-state index contributed by atoms with van der Waals surface area (Å²) in [7, 11) is 1.55. The molecule has 1 aliphatic heterocycles. The molecule has 2 aromatic carbocycles. The van der Waals surface area contributed by atoms with Crippen LogP contribution in [0, 0.1) is 18.3 Å². The highest BCUT2D eigenvalue weighted by Gasteiger charge is 2.36. The Bertz CT molecular complexity index is 1550. The Morgan fingerprint density at radius 2 is 1.83 bits per heavy atom. The molecule has 10 heteroatoms. The van der Waals surface area contributed by atoms with Gasteiger partial charge < -0.3 is 10.1 Å². The number of rotatable bonds is 5. The summed E-state index contributed by atoms with van der Waals surface area (Å²) in [5, 5.41) is 17.3. The number of fused-ring (bicyclic) bond motifs is 2. The fourth-order valence-electron chi connectivity index (χ4n) is 4.07. The normalized spacial score (nSPS) is 12.5. The van der Waals surface area contributed by atoms with E-state index in [0.717, 1.165) is 15.8 Å². The average molecular weight is 466 g/mol. The van der Waals surface area contributed by atoms with E-state index >= 15 is 0 Å². The van der Waals surface area contributed by atoms with E-state index in [0.29, 0.717) is 17.1 Å². The number of nitrogens with one attached hydrogen (secondary N) is 1. The lowest BCUT2D eigenvalue weighted by Gasteiger charge is -2.15. The number of carbonyl (C=O) groups excluding carboxylic acids is 3. The molecule has 0 atom stereocenters. The molecule has 0 spiro atoms. The molecule has 1 N–H and O–H groups in total. The fraction of sp³-hybridized carbons (Fsp3) is 0.120. The maximum absolute atomic E-state index is 12.9. The van der Waals surface area contributed by atoms with Gasteiger partial charge in [0.15, 0.2) is 11.6 Å². The van der Waals surface area contributed by atoms with Gasteiger partial charge in [-0.25, -0.2) is 4.98 Å². The molecular weight excluding hydrogens is 448 g/mol. The molecule has 172 valence electrons. The molecule has 0 bridgehead atoms. The largest absolute Gasteiger partial charge is 0.494 e. The Morgan fingerprint density at radius 3 is 2.49 bits per heavy atom. The number of aryl methyl sites for hydroxylation is 1. The van der Waals surface area contributed by atoms with Crippen LogP contribution in [0.5, 0.6) is 5.75 Å². The summed E-state index contributed by atoms with van der Waals surface area (Å²) in [4.78, 5) is 43.6. The number of hydrogen-bond acceptors (Lipinski definition) is 7. The van der Waals surface area contributed by atoms with Crippen LogP contribution in [0.2, 0.25) is 0 Å². The lowest BCUT2D eigenvalue weighted by Crippen LogP contribution is -2.37. The number of hydrogen-bond donors (Lipinski definition) is 1. The summed E-state index contributed by atoms with van der Waals surface area (Å²) in [5.74, 6) is -0.751. The average Bonchev–Trinajstić information content (AvgIpc) is 3.38. The smallest absolute Gasteiger partial charge is 0.262 e. The van der Waals surface area contributed by atoms with Crippen molar-refractivity contribution in [3.63, 3.8) is 0 Å². The minimum atomic E-state index is -0.659. The SMILES string of the molecule is COc1cccc2c(C)cc(-n3ncc(C#N)c3NC(=O)CN3C(=O)c4ccccc4C3=O)nc12. The Hall–Kier alpha value is -5.04. The molecule has 1 aliphatic rings. The molecule has 0 unspecified atom stereocenters. The van der Waals surface area contributed by atoms with Crippen LogP contribution in [0.25, 0.3) is 16.7 Å². The highest BCUT2D eigenvalue weighted by atomic mass is 16.5. The first kappa shape index (κ1) is 21.8. The Balaban J connectivity index is 1.48. The number of ether oxygens (including phenoxy) is 1. The third-order valence-electron chi connectivity index (χ3n) is 5.76. The van der Waals surface area contributed by atoms with E-state index in [9.17, 15) is 19.6 Å². The molecule has 3 amide bonds. The van der Waals surface area contributed by atoms with Gasteiger partial charge in [-0.2, -0.15) is 15.0 Å². The zero-order chi connectivity index (χ0) is 24.7. The van der Waals surface area contributed by atoms with Crippen molar-refractivity contribution < 1.29 is 19.1 Å². The number of amides is 3. The number of nitrogens with zero attached hydrogens (tertiary/aromatic N) is 5. The molecule has 3 heterocycles. The van der Waals surface area contributed by atoms with Crippen molar-refractivity contribution >= 4 is 34.4 Å². The van der Waals surface area contributed by atoms with Gasteiger partial charge in [-0.3, -0.25) is 19.3 Å². The topological polar surface area (TPSA) is 130 Å². The minimum absolute atomic E-state index is 0.0789. The van der Waals surface area contributed by atoms with Crippen LogP contribution >= 0.6 is 0 Å². The first-order valence-electron chi connectivity index (χ1n) is 10.6. The highest BCUT2D eigenvalue weighted by Crippen LogP contribution is 2.29. The van der Waals surface area contributed by atoms with E-state index in [1.807, 2.05) is 25.1 Å². The van der Waals surface area contributed by atoms with Crippen LogP contribution in [-0.4, -0.2) is 51.0 Å². The summed E-state index contributed by atoms with van der Waals surface area (Å²) in [5.41, 5.74) is 2.08. The number of nitriles is 1. The Morgan fingerprint density at radius 1 is 1.11 bits per heavy atom. The number of pyridine rings is 1. The van der Waals surface area contributed by atoms with Crippen LogP contribution in [-0.2, 0) is 4.79 Å². The van der Waals surface area contributed by atoms with E-state index in [4.69, 9.17) is 4.74 Å². The molecule has 0 fully saturated rings. The monoisotopic (exact) mass is 466 g/mol. The van der Waals surface area contributed by atoms with Crippen molar-refractivity contribution in [2.75, 3.05) is 19.0 Å². The standard InChI is InChI=1S/C25H18N6O4/c1-14-10-20(28-22-16(14)8-5-9-19(22)35-2)31-23(15(11-26)12-27-31)29-21(32)13-30-24(33)17-6-3-4-7-18(17)25(30)34/h3-10,12H,13H2,1-2H3,(H,29,32). The number of benzene rings is 2. The minimum Gasteiger partial charge on any atom is -0.494 e. The predicted molar refractivity (Wildman–Crippen MR) is 125 cm³/mol. The van der Waals surface area contributed by atoms with Crippen LogP contribution in [0.15, 0.2) is 54.7 Å². The number of methoxy groups -OCH3 is 1. The van der Waals surface area contributed by atoms with Gasteiger partial charge in [0.25, 0.3) is 11.8 Å². The summed E-state index contributed by atoms with van der Waals surface area (Å²) in [6.45, 7) is 1.39. The molecule has 35 heavy (non-hydrogen) atoms. The lowest BCUT2D eigenvalue weighted by molar-refractivity contribution is -0.116. The van der Waals surface area contributed by atoms with Gasteiger partial charge in [0.1, 0.15) is 29.4 Å². The molecule has 0 radical (unpaired) electrons. The third kappa shape index (κ3) is 3.55. The highest BCUT2D eigenvalue weighted by molar-refractivity contribution is 6.22. The predicted octanol–water partition coefficient (Wildman–Crippen LogP) is 2.84. The van der Waals surface area contributed by atoms with Crippen molar-refractivity contribution in [1.82, 2.24) is 19.7 Å². The van der Waals surface area contributed by atoms with E-state index in [2.05, 4.69) is 15.4 Å². The van der Waals surface area contributed by atoms with Gasteiger partial charge in [-0.05, 0) is 36.8 Å². The van der Waals surface area contributed by atoms with Crippen LogP contribution < -0.4 is 10.1 Å². The number of aromatic nitrogens is 3. The van der Waals surface area contributed by atoms with Crippen LogP contribution in [0.4, 0.5) is 5.82 Å². The molecular formula is C25H18N6O4. The van der Waals surface area contributed by atoms with Crippen molar-refractivity contribution in [3.8, 4) is 17.6 Å². The van der Waals surface area contributed by atoms with E-state index in [-0.39, 0.29) is 22.5 Å². The van der Waals surface area contributed by atoms with Gasteiger partial charge in [0.05, 0.1) is 24.4 Å². The summed E-state index contributed by atoms with van der Waals surface area (Å²) in [6.07, 6.45) is 1.31. The van der Waals surface area contributed by atoms with Gasteiger partial charge in [0.2, 0.25) is 5.91 Å². The summed E-state index contributed by atoms with van der Waals surface area (Å²) < 4.78 is 6.76. The second-order valence-electron chi connectivity index (χ2n) is 7.87. The first-order valence-corrected chi connectivity index (χ1v) is 10.6. The van der Waals surface area contributed by atoms with Gasteiger partial charge in [0, 0.05) is 5.39 Å². The lowest BCUT2D eigenvalue weighted by atomic mass is 10.1. The van der Waals surface area contributed by atoms with Gasteiger partial charge in [-0.15, -0.1) is 0 Å². The molecule has 0 saturated heterocycles. The maximum atomic E-state index is 12.9. The first-order chi connectivity index (χ1) is 16.9. The summed E-state index contributed by atoms with van der Waals surface area (Å²) in [6, 6.07) is 15.7. The maximum Gasteiger partial charge on any atom is 0.262 e. The van der Waals surface area contributed by atoms with E-state index < -0.39 is 24.3 Å². The van der Waals surface area contributed by atoms with Crippen LogP contribution in [0.3, 0.4) is 0 Å². The van der Waals surface area contributed by atoms with Crippen molar-refractivity contribution in [1.29, 1.82) is 5.26 Å². The van der Waals surface area contributed by atoms with Crippen molar-refractivity contribution in [2.24, 2.45) is 0 Å². The number of carbonyl (C=O) groups is 3. The van der Waals surface area contributed by atoms with Gasteiger partial charge >= 0.3 is 0 Å². The van der Waals surface area contributed by atoms with E-state index in [1.54, 1.807) is 43.5 Å². The third-order valence-corrected chi connectivity index (χ3v) is 5.76. The Labute approximate surface area is 199 Å². The molecule has 2 aromatic heterocycles. The molecule has 4 aromatic rings. The fourth-order valence-corrected chi connectivity index (χ4v) is 4.07. The zero-order valence-corrected chi connectivity index (χ0v) is 18.8. The quantitative estimate of drug-likeness (QED) is 0.448. The van der Waals surface area contributed by atoms with Crippen LogP contribution in [0.1, 0.15) is 31.8 Å². The Kier molecular flexibility index (Phi) is 5.22. The van der Waals surface area contributed by atoms with Gasteiger partial charge in [-0.1, -0.05) is 24.3 Å². The number of para-hydroxylation sites is 1. The zero-order valence-electron chi connectivity index (χ0n) is 18.8. The molecule has 0 aliphatic carbocycles. The summed E-state index contributed by atoms with van der Waals surface area (Å²) >= 11 is 0. The second-order valence-corrected chi connectivity index (χ2v) is 7.87.